The molecule has 160 valence electrons. The SMILES string of the molecule is CC(=O)CCC(=O)O.CN(C)CC[C@H](Oc1cccc2ccccc12)c1cccs1. The van der Waals surface area contributed by atoms with Crippen molar-refractivity contribution >= 4 is 33.9 Å². The molecule has 0 aliphatic heterocycles. The lowest BCUT2D eigenvalue weighted by Gasteiger charge is -2.21. The van der Waals surface area contributed by atoms with Gasteiger partial charge in [0.25, 0.3) is 0 Å². The standard InChI is InChI=1S/C19H21NOS.C5H8O3/c1-20(2)13-12-18(19-11-6-14-22-19)21-17-10-5-8-15-7-3-4-9-16(15)17;1-4(6)2-3-5(7)8/h3-11,14,18H,12-13H2,1-2H3;2-3H2,1H3,(H,7,8)/t18-;/m0./s1. The summed E-state index contributed by atoms with van der Waals surface area (Å²) >= 11 is 1.76. The fourth-order valence-corrected chi connectivity index (χ4v) is 3.63. The largest absolute Gasteiger partial charge is 0.484 e. The summed E-state index contributed by atoms with van der Waals surface area (Å²) in [4.78, 5) is 23.3. The lowest BCUT2D eigenvalue weighted by atomic mass is 10.1. The highest BCUT2D eigenvalue weighted by Gasteiger charge is 2.16. The molecule has 5 nitrogen and oxygen atoms in total. The lowest BCUT2D eigenvalue weighted by molar-refractivity contribution is -0.138. The minimum absolute atomic E-state index is 0.0463. The molecular weight excluding hydrogens is 398 g/mol. The van der Waals surface area contributed by atoms with Crippen molar-refractivity contribution in [3.8, 4) is 5.75 Å². The second-order valence-corrected chi connectivity index (χ2v) is 8.27. The average molecular weight is 428 g/mol. The Morgan fingerprint density at radius 3 is 2.37 bits per heavy atom. The monoisotopic (exact) mass is 427 g/mol. The number of rotatable bonds is 9. The van der Waals surface area contributed by atoms with E-state index in [1.807, 2.05) is 0 Å². The van der Waals surface area contributed by atoms with Gasteiger partial charge in [-0.15, -0.1) is 11.3 Å². The highest BCUT2D eigenvalue weighted by atomic mass is 32.1. The molecular formula is C24H29NO4S. The van der Waals surface area contributed by atoms with Crippen LogP contribution < -0.4 is 4.74 Å². The smallest absolute Gasteiger partial charge is 0.303 e. The number of ketones is 1. The van der Waals surface area contributed by atoms with Gasteiger partial charge in [0.2, 0.25) is 0 Å². The number of carboxylic acid groups (broad SMARTS) is 1. The van der Waals surface area contributed by atoms with E-state index >= 15 is 0 Å². The maximum absolute atomic E-state index is 10.1. The third kappa shape index (κ3) is 7.97. The van der Waals surface area contributed by atoms with Crippen LogP contribution >= 0.6 is 11.3 Å². The number of thiophene rings is 1. The van der Waals surface area contributed by atoms with E-state index in [0.29, 0.717) is 0 Å². The summed E-state index contributed by atoms with van der Waals surface area (Å²) in [6.45, 7) is 2.39. The van der Waals surface area contributed by atoms with Crippen LogP contribution in [0.4, 0.5) is 0 Å². The van der Waals surface area contributed by atoms with Crippen LogP contribution in [-0.4, -0.2) is 42.4 Å². The fraction of sp³-hybridized carbons (Fsp3) is 0.333. The van der Waals surface area contributed by atoms with E-state index < -0.39 is 5.97 Å². The minimum Gasteiger partial charge on any atom is -0.484 e. The highest BCUT2D eigenvalue weighted by Crippen LogP contribution is 2.32. The van der Waals surface area contributed by atoms with Crippen molar-refractivity contribution in [3.63, 3.8) is 0 Å². The number of hydrogen-bond acceptors (Lipinski definition) is 5. The van der Waals surface area contributed by atoms with Gasteiger partial charge >= 0.3 is 5.97 Å². The predicted octanol–water partition coefficient (Wildman–Crippen LogP) is 5.41. The zero-order chi connectivity index (χ0) is 21.9. The Labute approximate surface area is 181 Å². The van der Waals surface area contributed by atoms with Gasteiger partial charge in [0.15, 0.2) is 0 Å². The molecule has 0 radical (unpaired) electrons. The number of carbonyl (C=O) groups is 2. The number of aliphatic carboxylic acids is 1. The Bertz CT molecular complexity index is 918. The molecule has 30 heavy (non-hydrogen) atoms. The number of fused-ring (bicyclic) bond motifs is 1. The van der Waals surface area contributed by atoms with E-state index in [4.69, 9.17) is 9.84 Å². The Kier molecular flexibility index (Phi) is 9.51. The highest BCUT2D eigenvalue weighted by molar-refractivity contribution is 7.10. The van der Waals surface area contributed by atoms with Crippen LogP contribution in [0.1, 0.15) is 37.2 Å². The Morgan fingerprint density at radius 2 is 1.77 bits per heavy atom. The first-order valence-corrected chi connectivity index (χ1v) is 10.8. The molecule has 6 heteroatoms. The Hall–Kier alpha value is -2.70. The van der Waals surface area contributed by atoms with E-state index in [2.05, 4.69) is 79.0 Å². The van der Waals surface area contributed by atoms with E-state index in [1.165, 1.54) is 22.6 Å². The molecule has 3 aromatic rings. The molecule has 0 unspecified atom stereocenters. The van der Waals surface area contributed by atoms with Gasteiger partial charge in [0.05, 0.1) is 6.42 Å². The van der Waals surface area contributed by atoms with Gasteiger partial charge in [0, 0.05) is 29.6 Å². The van der Waals surface area contributed by atoms with Gasteiger partial charge in [0.1, 0.15) is 17.6 Å². The average Bonchev–Trinajstić information content (AvgIpc) is 3.25. The summed E-state index contributed by atoms with van der Waals surface area (Å²) < 4.78 is 6.41. The molecule has 1 heterocycles. The summed E-state index contributed by atoms with van der Waals surface area (Å²) in [7, 11) is 4.20. The number of carbonyl (C=O) groups excluding carboxylic acids is 1. The summed E-state index contributed by atoms with van der Waals surface area (Å²) in [6, 6.07) is 18.9. The second kappa shape index (κ2) is 12.1. The maximum Gasteiger partial charge on any atom is 0.303 e. The fourth-order valence-electron chi connectivity index (χ4n) is 2.84. The first-order chi connectivity index (χ1) is 14.4. The van der Waals surface area contributed by atoms with Crippen LogP contribution in [0, 0.1) is 0 Å². The third-order valence-corrected chi connectivity index (χ3v) is 5.37. The summed E-state index contributed by atoms with van der Waals surface area (Å²) in [5.74, 6) is -0.0251. The number of Topliss-reactive ketones (excluding diaryl/α,β-unsaturated/α-hetero) is 1. The molecule has 0 aliphatic rings. The number of ether oxygens (including phenoxy) is 1. The number of benzene rings is 2. The van der Waals surface area contributed by atoms with Crippen molar-refractivity contribution in [2.75, 3.05) is 20.6 Å². The predicted molar refractivity (Wildman–Crippen MR) is 122 cm³/mol. The molecule has 0 saturated carbocycles. The molecule has 1 aromatic heterocycles. The topological polar surface area (TPSA) is 66.8 Å². The molecule has 1 N–H and O–H groups in total. The van der Waals surface area contributed by atoms with Crippen molar-refractivity contribution in [2.24, 2.45) is 0 Å². The third-order valence-electron chi connectivity index (χ3n) is 4.41. The van der Waals surface area contributed by atoms with Crippen LogP contribution in [0.3, 0.4) is 0 Å². The van der Waals surface area contributed by atoms with Gasteiger partial charge in [-0.3, -0.25) is 4.79 Å². The second-order valence-electron chi connectivity index (χ2n) is 7.29. The van der Waals surface area contributed by atoms with Gasteiger partial charge in [-0.2, -0.15) is 0 Å². The zero-order valence-electron chi connectivity index (χ0n) is 17.7. The van der Waals surface area contributed by atoms with E-state index in [9.17, 15) is 9.59 Å². The Morgan fingerprint density at radius 1 is 1.03 bits per heavy atom. The van der Waals surface area contributed by atoms with Crippen molar-refractivity contribution in [3.05, 3.63) is 64.9 Å². The van der Waals surface area contributed by atoms with E-state index in [-0.39, 0.29) is 24.7 Å². The molecule has 2 aromatic carbocycles. The van der Waals surface area contributed by atoms with Crippen molar-refractivity contribution in [2.45, 2.75) is 32.3 Å². The number of carboxylic acids is 1. The number of nitrogens with zero attached hydrogens (tertiary/aromatic N) is 1. The molecule has 0 fully saturated rings. The van der Waals surface area contributed by atoms with E-state index in [1.54, 1.807) is 11.3 Å². The molecule has 1 atom stereocenters. The zero-order valence-corrected chi connectivity index (χ0v) is 18.5. The van der Waals surface area contributed by atoms with Crippen LogP contribution in [0.5, 0.6) is 5.75 Å². The maximum atomic E-state index is 10.1. The van der Waals surface area contributed by atoms with Gasteiger partial charge in [-0.1, -0.05) is 42.5 Å². The first-order valence-electron chi connectivity index (χ1n) is 9.90. The van der Waals surface area contributed by atoms with Crippen LogP contribution in [0.2, 0.25) is 0 Å². The summed E-state index contributed by atoms with van der Waals surface area (Å²) in [5.41, 5.74) is 0. The van der Waals surface area contributed by atoms with Crippen molar-refractivity contribution < 1.29 is 19.4 Å². The van der Waals surface area contributed by atoms with Crippen LogP contribution in [0.25, 0.3) is 10.8 Å². The quantitative estimate of drug-likeness (QED) is 0.494. The van der Waals surface area contributed by atoms with Crippen molar-refractivity contribution in [1.82, 2.24) is 4.90 Å². The molecule has 0 aliphatic carbocycles. The molecule has 0 amide bonds. The molecule has 0 saturated heterocycles. The summed E-state index contributed by atoms with van der Waals surface area (Å²) in [5, 5.41) is 12.5. The minimum atomic E-state index is -0.916. The molecule has 0 bridgehead atoms. The first kappa shape index (κ1) is 23.6. The Balaban J connectivity index is 0.000000343. The molecule has 0 spiro atoms. The number of hydrogen-bond donors (Lipinski definition) is 1. The van der Waals surface area contributed by atoms with Crippen molar-refractivity contribution in [1.29, 1.82) is 0 Å². The summed E-state index contributed by atoms with van der Waals surface area (Å²) in [6.07, 6.45) is 1.19. The normalized spacial score (nSPS) is 11.6. The lowest BCUT2D eigenvalue weighted by Crippen LogP contribution is -2.18. The van der Waals surface area contributed by atoms with Gasteiger partial charge in [-0.05, 0) is 43.9 Å². The molecule has 3 rings (SSSR count). The van der Waals surface area contributed by atoms with Crippen LogP contribution in [0.15, 0.2) is 60.0 Å². The van der Waals surface area contributed by atoms with Crippen LogP contribution in [-0.2, 0) is 9.59 Å². The van der Waals surface area contributed by atoms with Gasteiger partial charge < -0.3 is 19.5 Å². The van der Waals surface area contributed by atoms with Gasteiger partial charge in [-0.25, -0.2) is 0 Å². The van der Waals surface area contributed by atoms with E-state index in [0.717, 1.165) is 18.7 Å².